The van der Waals surface area contributed by atoms with Crippen LogP contribution in [-0.2, 0) is 25.6 Å². The Morgan fingerprint density at radius 1 is 1.00 bits per heavy atom. The monoisotopic (exact) mass is 524 g/mol. The van der Waals surface area contributed by atoms with E-state index in [9.17, 15) is 9.90 Å². The van der Waals surface area contributed by atoms with E-state index in [1.807, 2.05) is 56.3 Å². The summed E-state index contributed by atoms with van der Waals surface area (Å²) in [5.41, 5.74) is 1.59. The molecule has 1 N–H and O–H groups in total. The molecule has 0 saturated carbocycles. The molecule has 0 aliphatic carbocycles. The number of rotatable bonds is 5. The fourth-order valence-electron chi connectivity index (χ4n) is 4.61. The summed E-state index contributed by atoms with van der Waals surface area (Å²) < 4.78 is 35.1. The molecular formula is C30H36O8. The Hall–Kier alpha value is -3.33. The standard InChI is InChI=1S/C30H36O8/c1-19-8-6-10-25(35-18-20-12-14-22(33-4)15-13-20)28-26(37-30(2,3)38-28)11-7-9-21-16-23(34-5)17-24(31)27(21)29(32)36-19/h6-7,9-10,12-17,19,25-26,28,31H,8,11,18H2,1-5H3/b9-7+,10-6-/t19-,25?,26+,28-/m1/s1. The second-order valence-corrected chi connectivity index (χ2v) is 9.89. The summed E-state index contributed by atoms with van der Waals surface area (Å²) in [7, 11) is 3.14. The molecule has 1 unspecified atom stereocenters. The lowest BCUT2D eigenvalue weighted by molar-refractivity contribution is -0.156. The summed E-state index contributed by atoms with van der Waals surface area (Å²) in [6.07, 6.45) is 6.97. The van der Waals surface area contributed by atoms with Crippen LogP contribution in [0.15, 0.2) is 54.6 Å². The van der Waals surface area contributed by atoms with Gasteiger partial charge >= 0.3 is 5.97 Å². The highest BCUT2D eigenvalue weighted by atomic mass is 16.8. The highest BCUT2D eigenvalue weighted by Gasteiger charge is 2.44. The van der Waals surface area contributed by atoms with E-state index in [2.05, 4.69) is 0 Å². The lowest BCUT2D eigenvalue weighted by atomic mass is 10.0. The van der Waals surface area contributed by atoms with E-state index >= 15 is 0 Å². The topological polar surface area (TPSA) is 92.7 Å². The molecule has 0 radical (unpaired) electrons. The summed E-state index contributed by atoms with van der Waals surface area (Å²) in [6.45, 7) is 5.95. The van der Waals surface area contributed by atoms with Crippen molar-refractivity contribution in [3.8, 4) is 17.2 Å². The van der Waals surface area contributed by atoms with Crippen molar-refractivity contribution in [3.05, 3.63) is 71.3 Å². The Morgan fingerprint density at radius 3 is 2.45 bits per heavy atom. The zero-order valence-electron chi connectivity index (χ0n) is 22.5. The third kappa shape index (κ3) is 6.75. The van der Waals surface area contributed by atoms with Crippen LogP contribution in [0.2, 0.25) is 0 Å². The Labute approximate surface area is 223 Å². The number of fused-ring (bicyclic) bond motifs is 2. The van der Waals surface area contributed by atoms with Crippen LogP contribution in [0.1, 0.15) is 55.1 Å². The van der Waals surface area contributed by atoms with E-state index in [0.29, 0.717) is 30.8 Å². The van der Waals surface area contributed by atoms with Gasteiger partial charge in [0.2, 0.25) is 0 Å². The lowest BCUT2D eigenvalue weighted by Crippen LogP contribution is -2.36. The molecule has 2 heterocycles. The summed E-state index contributed by atoms with van der Waals surface area (Å²) in [5.74, 6) is -0.380. The number of benzene rings is 2. The number of esters is 1. The third-order valence-electron chi connectivity index (χ3n) is 6.48. The first-order chi connectivity index (χ1) is 18.2. The maximum atomic E-state index is 13.0. The zero-order valence-corrected chi connectivity index (χ0v) is 22.5. The first-order valence-electron chi connectivity index (χ1n) is 12.7. The molecule has 0 aromatic heterocycles. The van der Waals surface area contributed by atoms with Crippen molar-refractivity contribution < 1.29 is 38.3 Å². The molecule has 0 bridgehead atoms. The van der Waals surface area contributed by atoms with Gasteiger partial charge < -0.3 is 33.5 Å². The van der Waals surface area contributed by atoms with E-state index < -0.39 is 24.0 Å². The molecule has 38 heavy (non-hydrogen) atoms. The molecule has 1 saturated heterocycles. The van der Waals surface area contributed by atoms with Crippen molar-refractivity contribution in [1.82, 2.24) is 0 Å². The van der Waals surface area contributed by atoms with Gasteiger partial charge in [0, 0.05) is 12.5 Å². The van der Waals surface area contributed by atoms with Crippen LogP contribution in [0, 0.1) is 0 Å². The molecule has 2 aliphatic rings. The number of carbonyl (C=O) groups is 1. The number of methoxy groups -OCH3 is 2. The van der Waals surface area contributed by atoms with E-state index in [0.717, 1.165) is 11.3 Å². The van der Waals surface area contributed by atoms with Gasteiger partial charge in [-0.05, 0) is 56.5 Å². The molecule has 4 atom stereocenters. The van der Waals surface area contributed by atoms with Crippen molar-refractivity contribution >= 4 is 12.0 Å². The highest BCUT2D eigenvalue weighted by Crippen LogP contribution is 2.35. The molecule has 4 rings (SSSR count). The number of hydrogen-bond donors (Lipinski definition) is 1. The number of carbonyl (C=O) groups excluding carboxylic acids is 1. The van der Waals surface area contributed by atoms with E-state index in [4.69, 9.17) is 28.4 Å². The molecule has 0 amide bonds. The van der Waals surface area contributed by atoms with Gasteiger partial charge in [-0.1, -0.05) is 36.4 Å². The van der Waals surface area contributed by atoms with Crippen LogP contribution in [0.3, 0.4) is 0 Å². The molecule has 8 heteroatoms. The largest absolute Gasteiger partial charge is 0.507 e. The Morgan fingerprint density at radius 2 is 1.74 bits per heavy atom. The Balaban J connectivity index is 1.63. The molecular weight excluding hydrogens is 488 g/mol. The maximum Gasteiger partial charge on any atom is 0.342 e. The van der Waals surface area contributed by atoms with Crippen LogP contribution < -0.4 is 9.47 Å². The minimum Gasteiger partial charge on any atom is -0.507 e. The minimum atomic E-state index is -0.793. The van der Waals surface area contributed by atoms with Gasteiger partial charge in [0.1, 0.15) is 41.1 Å². The molecule has 8 nitrogen and oxygen atoms in total. The van der Waals surface area contributed by atoms with Crippen molar-refractivity contribution in [2.45, 2.75) is 70.4 Å². The average molecular weight is 525 g/mol. The molecule has 1 fully saturated rings. The number of phenols is 1. The molecule has 2 aromatic rings. The second-order valence-electron chi connectivity index (χ2n) is 9.89. The predicted octanol–water partition coefficient (Wildman–Crippen LogP) is 5.42. The van der Waals surface area contributed by atoms with Crippen LogP contribution in [0.25, 0.3) is 6.08 Å². The SMILES string of the molecule is COc1ccc(COC2/C=C\C[C@@H](C)OC(=O)c3c(O)cc(OC)cc3/C=C/C[C@@H]3OC(C)(C)O[C@H]23)cc1. The predicted molar refractivity (Wildman–Crippen MR) is 142 cm³/mol. The Bertz CT molecular complexity index is 1170. The number of hydrogen-bond acceptors (Lipinski definition) is 8. The van der Waals surface area contributed by atoms with Crippen LogP contribution in [0.4, 0.5) is 0 Å². The van der Waals surface area contributed by atoms with Gasteiger partial charge in [-0.2, -0.15) is 0 Å². The number of aromatic hydroxyl groups is 1. The first-order valence-corrected chi connectivity index (χ1v) is 12.7. The fraction of sp³-hybridized carbons (Fsp3) is 0.433. The van der Waals surface area contributed by atoms with Crippen molar-refractivity contribution in [2.75, 3.05) is 14.2 Å². The van der Waals surface area contributed by atoms with Gasteiger partial charge in [-0.15, -0.1) is 0 Å². The quantitative estimate of drug-likeness (QED) is 0.409. The van der Waals surface area contributed by atoms with E-state index in [1.165, 1.54) is 13.2 Å². The Kier molecular flexibility index (Phi) is 8.76. The van der Waals surface area contributed by atoms with Gasteiger partial charge in [0.25, 0.3) is 0 Å². The lowest BCUT2D eigenvalue weighted by Gasteiger charge is -2.25. The molecule has 2 aromatic carbocycles. The van der Waals surface area contributed by atoms with E-state index in [-0.39, 0.29) is 23.5 Å². The molecule has 204 valence electrons. The van der Waals surface area contributed by atoms with Gasteiger partial charge in [-0.25, -0.2) is 4.79 Å². The summed E-state index contributed by atoms with van der Waals surface area (Å²) >= 11 is 0. The maximum absolute atomic E-state index is 13.0. The third-order valence-corrected chi connectivity index (χ3v) is 6.48. The summed E-state index contributed by atoms with van der Waals surface area (Å²) in [6, 6.07) is 10.8. The normalized spacial score (nSPS) is 26.8. The minimum absolute atomic E-state index is 0.0936. The van der Waals surface area contributed by atoms with Crippen LogP contribution >= 0.6 is 0 Å². The second kappa shape index (κ2) is 12.0. The number of cyclic esters (lactones) is 1. The van der Waals surface area contributed by atoms with Gasteiger partial charge in [-0.3, -0.25) is 0 Å². The summed E-state index contributed by atoms with van der Waals surface area (Å²) in [5, 5.41) is 10.6. The van der Waals surface area contributed by atoms with Crippen LogP contribution in [-0.4, -0.2) is 55.5 Å². The molecule has 0 spiro atoms. The average Bonchev–Trinajstić information content (AvgIpc) is 3.19. The molecule has 2 aliphatic heterocycles. The number of phenolic OH excluding ortho intramolecular Hbond substituents is 1. The van der Waals surface area contributed by atoms with Crippen molar-refractivity contribution in [1.29, 1.82) is 0 Å². The zero-order chi connectivity index (χ0) is 27.3. The smallest absolute Gasteiger partial charge is 0.342 e. The van der Waals surface area contributed by atoms with Gasteiger partial charge in [0.15, 0.2) is 5.79 Å². The fourth-order valence-corrected chi connectivity index (χ4v) is 4.61. The first kappa shape index (κ1) is 27.7. The van der Waals surface area contributed by atoms with E-state index in [1.54, 1.807) is 26.2 Å². The number of ether oxygens (including phenoxy) is 6. The summed E-state index contributed by atoms with van der Waals surface area (Å²) in [4.78, 5) is 13.0. The van der Waals surface area contributed by atoms with Crippen molar-refractivity contribution in [2.24, 2.45) is 0 Å². The van der Waals surface area contributed by atoms with Gasteiger partial charge in [0.05, 0.1) is 26.9 Å². The van der Waals surface area contributed by atoms with Crippen LogP contribution in [0.5, 0.6) is 17.2 Å². The highest BCUT2D eigenvalue weighted by molar-refractivity contribution is 5.97. The van der Waals surface area contributed by atoms with Crippen molar-refractivity contribution in [3.63, 3.8) is 0 Å².